The summed E-state index contributed by atoms with van der Waals surface area (Å²) in [6, 6.07) is 10.0. The van der Waals surface area contributed by atoms with Crippen molar-refractivity contribution in [3.05, 3.63) is 24.3 Å². The lowest BCUT2D eigenvalue weighted by molar-refractivity contribution is 0.108. The Kier molecular flexibility index (Phi) is 8.08. The second-order valence-electron chi connectivity index (χ2n) is 7.58. The number of anilines is 1. The molecule has 5 heteroatoms. The molecule has 26 heavy (non-hydrogen) atoms. The number of thioether (sulfide) groups is 1. The van der Waals surface area contributed by atoms with Crippen LogP contribution in [0, 0.1) is 0 Å². The van der Waals surface area contributed by atoms with Crippen LogP contribution in [0.2, 0.25) is 0 Å². The molecular formula is C21H33N3S2. The van der Waals surface area contributed by atoms with E-state index in [9.17, 15) is 0 Å². The van der Waals surface area contributed by atoms with Gasteiger partial charge in [-0.2, -0.15) is 0 Å². The molecule has 2 aliphatic carbocycles. The molecule has 3 nitrogen and oxygen atoms in total. The van der Waals surface area contributed by atoms with E-state index in [0.29, 0.717) is 0 Å². The van der Waals surface area contributed by atoms with Gasteiger partial charge in [-0.05, 0) is 62.4 Å². The monoisotopic (exact) mass is 391 g/mol. The summed E-state index contributed by atoms with van der Waals surface area (Å²) >= 11 is 7.26. The van der Waals surface area contributed by atoms with Gasteiger partial charge in [0.2, 0.25) is 0 Å². The van der Waals surface area contributed by atoms with Crippen LogP contribution in [0.25, 0.3) is 0 Å². The summed E-state index contributed by atoms with van der Waals surface area (Å²) in [4.78, 5) is 4.07. The molecule has 3 rings (SSSR count). The molecule has 0 spiro atoms. The molecule has 0 bridgehead atoms. The Morgan fingerprint density at radius 2 is 1.73 bits per heavy atom. The van der Waals surface area contributed by atoms with Gasteiger partial charge in [0.15, 0.2) is 5.11 Å². The van der Waals surface area contributed by atoms with Gasteiger partial charge in [-0.1, -0.05) is 38.2 Å². The minimum absolute atomic E-state index is 0.735. The second kappa shape index (κ2) is 10.5. The first-order valence-corrected chi connectivity index (χ1v) is 11.8. The highest BCUT2D eigenvalue weighted by atomic mass is 32.2. The van der Waals surface area contributed by atoms with E-state index in [0.717, 1.165) is 36.0 Å². The lowest BCUT2D eigenvalue weighted by Gasteiger charge is -2.38. The van der Waals surface area contributed by atoms with Crippen molar-refractivity contribution in [1.29, 1.82) is 0 Å². The standard InChI is InChI=1S/C21H33N3S2/c1-26-20-13-7-8-17(16-20)23-21(25)22-14-15-24(19-11-5-6-12-19)18-9-3-2-4-10-18/h7-8,13,16,18-19H,2-6,9-12,14-15H2,1H3,(H2,22,23,25). The fourth-order valence-corrected chi connectivity index (χ4v) is 5.17. The molecule has 0 saturated heterocycles. The van der Waals surface area contributed by atoms with Gasteiger partial charge in [0.05, 0.1) is 0 Å². The summed E-state index contributed by atoms with van der Waals surface area (Å²) in [5.74, 6) is 0. The Balaban J connectivity index is 1.47. The van der Waals surface area contributed by atoms with Gasteiger partial charge in [-0.15, -0.1) is 11.8 Å². The largest absolute Gasteiger partial charge is 0.361 e. The van der Waals surface area contributed by atoms with Crippen LogP contribution in [-0.2, 0) is 0 Å². The predicted octanol–water partition coefficient (Wildman–Crippen LogP) is 5.27. The van der Waals surface area contributed by atoms with Crippen LogP contribution >= 0.6 is 24.0 Å². The molecule has 2 aliphatic rings. The fourth-order valence-electron chi connectivity index (χ4n) is 4.49. The van der Waals surface area contributed by atoms with Crippen molar-refractivity contribution in [2.75, 3.05) is 24.7 Å². The molecule has 2 N–H and O–H groups in total. The maximum absolute atomic E-state index is 5.51. The van der Waals surface area contributed by atoms with E-state index in [1.54, 1.807) is 11.8 Å². The number of nitrogens with zero attached hydrogens (tertiary/aromatic N) is 1. The van der Waals surface area contributed by atoms with Gasteiger partial charge in [-0.25, -0.2) is 0 Å². The summed E-state index contributed by atoms with van der Waals surface area (Å²) in [5.41, 5.74) is 1.06. The fraction of sp³-hybridized carbons (Fsp3) is 0.667. The molecule has 0 aliphatic heterocycles. The number of thiocarbonyl (C=S) groups is 1. The molecule has 0 aromatic heterocycles. The first kappa shape index (κ1) is 20.0. The Bertz CT molecular complexity index is 566. The van der Waals surface area contributed by atoms with Crippen molar-refractivity contribution in [3.8, 4) is 0 Å². The van der Waals surface area contributed by atoms with E-state index in [1.807, 2.05) is 0 Å². The first-order valence-electron chi connectivity index (χ1n) is 10.2. The molecule has 0 unspecified atom stereocenters. The number of nitrogens with one attached hydrogen (secondary N) is 2. The number of rotatable bonds is 7. The van der Waals surface area contributed by atoms with Crippen LogP contribution in [0.15, 0.2) is 29.2 Å². The van der Waals surface area contributed by atoms with Gasteiger partial charge < -0.3 is 10.6 Å². The SMILES string of the molecule is CSc1cccc(NC(=S)NCCN(C2CCCCC2)C2CCCC2)c1. The van der Waals surface area contributed by atoms with Gasteiger partial charge in [0.25, 0.3) is 0 Å². The average Bonchev–Trinajstić information content (AvgIpc) is 3.20. The number of benzene rings is 1. The van der Waals surface area contributed by atoms with E-state index >= 15 is 0 Å². The maximum Gasteiger partial charge on any atom is 0.170 e. The maximum atomic E-state index is 5.51. The number of hydrogen-bond donors (Lipinski definition) is 2. The minimum Gasteiger partial charge on any atom is -0.361 e. The first-order chi connectivity index (χ1) is 12.8. The van der Waals surface area contributed by atoms with E-state index in [1.165, 1.54) is 62.7 Å². The Hall–Kier alpha value is -0.780. The van der Waals surface area contributed by atoms with Crippen molar-refractivity contribution in [1.82, 2.24) is 10.2 Å². The smallest absolute Gasteiger partial charge is 0.170 e. The van der Waals surface area contributed by atoms with Crippen molar-refractivity contribution < 1.29 is 0 Å². The normalized spacial score (nSPS) is 19.0. The van der Waals surface area contributed by atoms with Crippen molar-refractivity contribution in [2.45, 2.75) is 74.8 Å². The molecule has 0 atom stereocenters. The third-order valence-corrected chi connectivity index (χ3v) is 6.79. The predicted molar refractivity (Wildman–Crippen MR) is 118 cm³/mol. The number of hydrogen-bond acceptors (Lipinski definition) is 3. The molecule has 1 aromatic carbocycles. The Morgan fingerprint density at radius 1 is 1.08 bits per heavy atom. The zero-order valence-electron chi connectivity index (χ0n) is 16.0. The van der Waals surface area contributed by atoms with Gasteiger partial charge in [0, 0.05) is 35.8 Å². The minimum atomic E-state index is 0.735. The summed E-state index contributed by atoms with van der Waals surface area (Å²) in [6.07, 6.45) is 14.7. The summed E-state index contributed by atoms with van der Waals surface area (Å²) in [7, 11) is 0. The summed E-state index contributed by atoms with van der Waals surface area (Å²) in [6.45, 7) is 2.04. The van der Waals surface area contributed by atoms with E-state index in [2.05, 4.69) is 46.1 Å². The quantitative estimate of drug-likeness (QED) is 0.488. The summed E-state index contributed by atoms with van der Waals surface area (Å²) < 4.78 is 0. The van der Waals surface area contributed by atoms with E-state index < -0.39 is 0 Å². The second-order valence-corrected chi connectivity index (χ2v) is 8.87. The third-order valence-electron chi connectivity index (χ3n) is 5.82. The van der Waals surface area contributed by atoms with Crippen molar-refractivity contribution >= 4 is 34.8 Å². The Labute approximate surface area is 168 Å². The highest BCUT2D eigenvalue weighted by Gasteiger charge is 2.29. The van der Waals surface area contributed by atoms with Crippen LogP contribution in [0.3, 0.4) is 0 Å². The van der Waals surface area contributed by atoms with Crippen LogP contribution in [-0.4, -0.2) is 41.4 Å². The zero-order valence-corrected chi connectivity index (χ0v) is 17.6. The van der Waals surface area contributed by atoms with Crippen molar-refractivity contribution in [2.24, 2.45) is 0 Å². The van der Waals surface area contributed by atoms with Crippen LogP contribution in [0.5, 0.6) is 0 Å². The molecule has 0 radical (unpaired) electrons. The van der Waals surface area contributed by atoms with Crippen LogP contribution in [0.4, 0.5) is 5.69 Å². The lowest BCUT2D eigenvalue weighted by Crippen LogP contribution is -2.47. The average molecular weight is 392 g/mol. The van der Waals surface area contributed by atoms with E-state index in [-0.39, 0.29) is 0 Å². The molecular weight excluding hydrogens is 358 g/mol. The van der Waals surface area contributed by atoms with Crippen LogP contribution in [0.1, 0.15) is 57.8 Å². The molecule has 2 fully saturated rings. The summed E-state index contributed by atoms with van der Waals surface area (Å²) in [5, 5.41) is 7.50. The molecule has 144 valence electrons. The highest BCUT2D eigenvalue weighted by molar-refractivity contribution is 7.98. The Morgan fingerprint density at radius 3 is 2.38 bits per heavy atom. The molecule has 0 amide bonds. The van der Waals surface area contributed by atoms with E-state index in [4.69, 9.17) is 12.2 Å². The third kappa shape index (κ3) is 5.86. The molecule has 0 heterocycles. The zero-order chi connectivity index (χ0) is 18.2. The lowest BCUT2D eigenvalue weighted by atomic mass is 9.93. The van der Waals surface area contributed by atoms with Crippen LogP contribution < -0.4 is 10.6 Å². The highest BCUT2D eigenvalue weighted by Crippen LogP contribution is 2.30. The van der Waals surface area contributed by atoms with Gasteiger partial charge in [0.1, 0.15) is 0 Å². The molecule has 2 saturated carbocycles. The molecule has 1 aromatic rings. The van der Waals surface area contributed by atoms with Crippen molar-refractivity contribution in [3.63, 3.8) is 0 Å². The van der Waals surface area contributed by atoms with Gasteiger partial charge >= 0.3 is 0 Å². The van der Waals surface area contributed by atoms with Gasteiger partial charge in [-0.3, -0.25) is 4.90 Å². The topological polar surface area (TPSA) is 27.3 Å².